The molecule has 0 amide bonds. The Labute approximate surface area is 127 Å². The summed E-state index contributed by atoms with van der Waals surface area (Å²) in [5, 5.41) is 3.83. The molecule has 1 aliphatic carbocycles. The van der Waals surface area contributed by atoms with Crippen molar-refractivity contribution >= 4 is 17.5 Å². The minimum Gasteiger partial charge on any atom is -0.461 e. The van der Waals surface area contributed by atoms with E-state index in [4.69, 9.17) is 9.57 Å². The second-order valence-electron chi connectivity index (χ2n) is 6.19. The van der Waals surface area contributed by atoms with Crippen LogP contribution in [0, 0.1) is 17.8 Å². The van der Waals surface area contributed by atoms with Crippen molar-refractivity contribution in [2.24, 2.45) is 22.9 Å². The second-order valence-corrected chi connectivity index (χ2v) is 6.19. The highest BCUT2D eigenvalue weighted by Gasteiger charge is 2.33. The van der Waals surface area contributed by atoms with Gasteiger partial charge in [-0.25, -0.2) is 4.79 Å². The number of esters is 1. The zero-order valence-corrected chi connectivity index (χ0v) is 13.7. The van der Waals surface area contributed by atoms with Crippen LogP contribution in [-0.2, 0) is 19.2 Å². The first-order valence-corrected chi connectivity index (χ1v) is 7.78. The molecule has 0 saturated heterocycles. The predicted octanol–water partition coefficient (Wildman–Crippen LogP) is 2.97. The quantitative estimate of drug-likeness (QED) is 0.327. The molecule has 0 N–H and O–H groups in total. The van der Waals surface area contributed by atoms with E-state index in [0.29, 0.717) is 17.8 Å². The van der Waals surface area contributed by atoms with Crippen LogP contribution in [0.15, 0.2) is 5.16 Å². The van der Waals surface area contributed by atoms with E-state index in [1.165, 1.54) is 13.3 Å². The molecule has 3 atom stereocenters. The van der Waals surface area contributed by atoms with Crippen LogP contribution in [0.25, 0.3) is 0 Å². The fourth-order valence-corrected chi connectivity index (χ4v) is 2.80. The SMILES string of the molecule is CCOC(=O)/C(=N/O[C@H]1C[C@H](C)CC[C@H]1C(C)C)C(C)=O. The lowest BCUT2D eigenvalue weighted by Gasteiger charge is -2.35. The summed E-state index contributed by atoms with van der Waals surface area (Å²) in [6.07, 6.45) is 3.13. The molecule has 0 aromatic rings. The first-order valence-electron chi connectivity index (χ1n) is 7.78. The number of rotatable bonds is 6. The molecule has 0 aromatic heterocycles. The normalized spacial score (nSPS) is 26.6. The standard InChI is InChI=1S/C16H27NO4/c1-6-20-16(19)15(12(5)18)17-21-14-9-11(4)7-8-13(14)10(2)3/h10-11,13-14H,6-9H2,1-5H3/b17-15+/t11-,13+,14+/m1/s1. The third kappa shape index (κ3) is 5.14. The average Bonchev–Trinajstić information content (AvgIpc) is 2.38. The van der Waals surface area contributed by atoms with Gasteiger partial charge in [-0.3, -0.25) is 4.79 Å². The van der Waals surface area contributed by atoms with Gasteiger partial charge in [0.05, 0.1) is 6.61 Å². The van der Waals surface area contributed by atoms with Gasteiger partial charge in [-0.05, 0) is 31.6 Å². The van der Waals surface area contributed by atoms with Gasteiger partial charge in [0, 0.05) is 12.8 Å². The Kier molecular flexibility index (Phi) is 6.85. The molecule has 120 valence electrons. The molecule has 5 nitrogen and oxygen atoms in total. The predicted molar refractivity (Wildman–Crippen MR) is 81.0 cm³/mol. The number of hydrogen-bond acceptors (Lipinski definition) is 5. The van der Waals surface area contributed by atoms with Crippen LogP contribution in [-0.4, -0.2) is 30.2 Å². The highest BCUT2D eigenvalue weighted by molar-refractivity contribution is 6.63. The molecule has 1 saturated carbocycles. The Morgan fingerprint density at radius 3 is 2.48 bits per heavy atom. The van der Waals surface area contributed by atoms with Crippen LogP contribution >= 0.6 is 0 Å². The number of carbonyl (C=O) groups is 2. The Bertz CT molecular complexity index is 403. The Hall–Kier alpha value is -1.39. The molecule has 0 unspecified atom stereocenters. The van der Waals surface area contributed by atoms with Gasteiger partial charge < -0.3 is 9.57 Å². The first kappa shape index (κ1) is 17.7. The van der Waals surface area contributed by atoms with Crippen molar-refractivity contribution in [3.63, 3.8) is 0 Å². The number of nitrogens with zero attached hydrogens (tertiary/aromatic N) is 1. The zero-order valence-electron chi connectivity index (χ0n) is 13.7. The summed E-state index contributed by atoms with van der Waals surface area (Å²) in [5.41, 5.74) is -0.252. The molecular formula is C16H27NO4. The van der Waals surface area contributed by atoms with E-state index in [-0.39, 0.29) is 18.4 Å². The van der Waals surface area contributed by atoms with Crippen LogP contribution in [0.3, 0.4) is 0 Å². The highest BCUT2D eigenvalue weighted by atomic mass is 16.6. The lowest BCUT2D eigenvalue weighted by atomic mass is 9.75. The van der Waals surface area contributed by atoms with Crippen molar-refractivity contribution in [3.8, 4) is 0 Å². The third-order valence-electron chi connectivity index (χ3n) is 4.04. The molecule has 0 aromatic carbocycles. The fourth-order valence-electron chi connectivity index (χ4n) is 2.80. The molecule has 0 heterocycles. The van der Waals surface area contributed by atoms with Crippen LogP contribution in [0.4, 0.5) is 0 Å². The van der Waals surface area contributed by atoms with E-state index < -0.39 is 11.8 Å². The van der Waals surface area contributed by atoms with Crippen molar-refractivity contribution in [3.05, 3.63) is 0 Å². The van der Waals surface area contributed by atoms with E-state index in [9.17, 15) is 9.59 Å². The van der Waals surface area contributed by atoms with E-state index >= 15 is 0 Å². The van der Waals surface area contributed by atoms with Gasteiger partial charge in [0.25, 0.3) is 0 Å². The molecular weight excluding hydrogens is 270 g/mol. The van der Waals surface area contributed by atoms with Crippen LogP contribution in [0.1, 0.15) is 53.9 Å². The van der Waals surface area contributed by atoms with Gasteiger partial charge in [-0.15, -0.1) is 0 Å². The monoisotopic (exact) mass is 297 g/mol. The lowest BCUT2D eigenvalue weighted by molar-refractivity contribution is -0.136. The van der Waals surface area contributed by atoms with E-state index in [1.54, 1.807) is 6.92 Å². The minimum atomic E-state index is -0.713. The number of ether oxygens (including phenoxy) is 1. The topological polar surface area (TPSA) is 65.0 Å². The molecule has 21 heavy (non-hydrogen) atoms. The van der Waals surface area contributed by atoms with Gasteiger partial charge in [0.2, 0.25) is 5.71 Å². The number of carbonyl (C=O) groups excluding carboxylic acids is 2. The van der Waals surface area contributed by atoms with Crippen molar-refractivity contribution < 1.29 is 19.2 Å². The number of oxime groups is 1. The van der Waals surface area contributed by atoms with Gasteiger partial charge >= 0.3 is 5.97 Å². The minimum absolute atomic E-state index is 0.0440. The summed E-state index contributed by atoms with van der Waals surface area (Å²) >= 11 is 0. The lowest BCUT2D eigenvalue weighted by Crippen LogP contribution is -2.34. The van der Waals surface area contributed by atoms with Crippen LogP contribution in [0.2, 0.25) is 0 Å². The van der Waals surface area contributed by atoms with Gasteiger partial charge in [0.1, 0.15) is 6.10 Å². The number of ketones is 1. The fraction of sp³-hybridized carbons (Fsp3) is 0.812. The summed E-state index contributed by atoms with van der Waals surface area (Å²) < 4.78 is 4.83. The molecule has 1 rings (SSSR count). The molecule has 1 fully saturated rings. The number of hydrogen-bond donors (Lipinski definition) is 0. The summed E-state index contributed by atoms with van der Waals surface area (Å²) in [4.78, 5) is 28.8. The average molecular weight is 297 g/mol. The maximum atomic E-state index is 11.7. The van der Waals surface area contributed by atoms with Crippen molar-refractivity contribution in [2.45, 2.75) is 60.0 Å². The summed E-state index contributed by atoms with van der Waals surface area (Å²) in [7, 11) is 0. The molecule has 5 heteroatoms. The largest absolute Gasteiger partial charge is 0.461 e. The van der Waals surface area contributed by atoms with Gasteiger partial charge in [0.15, 0.2) is 5.78 Å². The smallest absolute Gasteiger partial charge is 0.364 e. The molecule has 0 radical (unpaired) electrons. The Balaban J connectivity index is 2.81. The Morgan fingerprint density at radius 2 is 1.95 bits per heavy atom. The number of Topliss-reactive ketones (excluding diaryl/α,β-unsaturated/α-hetero) is 1. The van der Waals surface area contributed by atoms with Gasteiger partial charge in [-0.1, -0.05) is 32.3 Å². The van der Waals surface area contributed by atoms with E-state index in [1.807, 2.05) is 0 Å². The molecule has 1 aliphatic rings. The summed E-state index contributed by atoms with van der Waals surface area (Å²) in [6.45, 7) is 9.71. The third-order valence-corrected chi connectivity index (χ3v) is 4.04. The summed E-state index contributed by atoms with van der Waals surface area (Å²) in [6, 6.07) is 0. The molecule has 0 aliphatic heterocycles. The van der Waals surface area contributed by atoms with Crippen molar-refractivity contribution in [1.29, 1.82) is 0 Å². The van der Waals surface area contributed by atoms with E-state index in [2.05, 4.69) is 25.9 Å². The Morgan fingerprint density at radius 1 is 1.29 bits per heavy atom. The zero-order chi connectivity index (χ0) is 16.0. The summed E-state index contributed by atoms with van der Waals surface area (Å²) in [5.74, 6) is 0.318. The highest BCUT2D eigenvalue weighted by Crippen LogP contribution is 2.35. The van der Waals surface area contributed by atoms with Crippen LogP contribution in [0.5, 0.6) is 0 Å². The van der Waals surface area contributed by atoms with Crippen LogP contribution < -0.4 is 0 Å². The molecule has 0 spiro atoms. The molecule has 0 bridgehead atoms. The second kappa shape index (κ2) is 8.15. The maximum Gasteiger partial charge on any atom is 0.364 e. The van der Waals surface area contributed by atoms with Crippen molar-refractivity contribution in [2.75, 3.05) is 6.61 Å². The van der Waals surface area contributed by atoms with E-state index in [0.717, 1.165) is 12.8 Å². The van der Waals surface area contributed by atoms with Gasteiger partial charge in [-0.2, -0.15) is 0 Å². The van der Waals surface area contributed by atoms with Crippen molar-refractivity contribution in [1.82, 2.24) is 0 Å². The first-order chi connectivity index (χ1) is 9.86. The maximum absolute atomic E-state index is 11.7.